The Labute approximate surface area is 126 Å². The molecule has 21 heavy (non-hydrogen) atoms. The van der Waals surface area contributed by atoms with Gasteiger partial charge in [0.2, 0.25) is 10.0 Å². The number of nitrogens with zero attached hydrogens (tertiary/aromatic N) is 1. The van der Waals surface area contributed by atoms with E-state index < -0.39 is 19.9 Å². The molecule has 0 saturated heterocycles. The van der Waals surface area contributed by atoms with Crippen molar-refractivity contribution < 1.29 is 16.8 Å². The van der Waals surface area contributed by atoms with Crippen LogP contribution < -0.4 is 11.1 Å². The molecule has 7 nitrogen and oxygen atoms in total. The molecule has 9 heteroatoms. The molecule has 0 aromatic heterocycles. The van der Waals surface area contributed by atoms with E-state index >= 15 is 0 Å². The van der Waals surface area contributed by atoms with Gasteiger partial charge >= 0.3 is 0 Å². The van der Waals surface area contributed by atoms with Crippen molar-refractivity contribution in [2.45, 2.75) is 17.9 Å². The molecule has 1 aromatic rings. The Bertz CT molecular complexity index is 712. The fourth-order valence-corrected chi connectivity index (χ4v) is 3.88. The van der Waals surface area contributed by atoms with Crippen molar-refractivity contribution in [1.29, 1.82) is 0 Å². The van der Waals surface area contributed by atoms with Crippen molar-refractivity contribution in [1.82, 2.24) is 4.31 Å². The molecule has 120 valence electrons. The molecule has 0 saturated carbocycles. The molecule has 0 aliphatic carbocycles. The lowest BCUT2D eigenvalue weighted by atomic mass is 10.2. The van der Waals surface area contributed by atoms with Crippen molar-refractivity contribution in [3.05, 3.63) is 18.2 Å². The van der Waals surface area contributed by atoms with Gasteiger partial charge < -0.3 is 11.1 Å². The van der Waals surface area contributed by atoms with Gasteiger partial charge in [0.05, 0.1) is 17.1 Å². The van der Waals surface area contributed by atoms with Crippen LogP contribution in [0.15, 0.2) is 23.1 Å². The van der Waals surface area contributed by atoms with E-state index in [1.165, 1.54) is 20.2 Å². The van der Waals surface area contributed by atoms with E-state index in [-0.39, 0.29) is 22.4 Å². The molecule has 1 aromatic carbocycles. The summed E-state index contributed by atoms with van der Waals surface area (Å²) in [5.74, 6) is -0.0723. The molecule has 0 aliphatic rings. The molecule has 1 rings (SSSR count). The largest absolute Gasteiger partial charge is 0.396 e. The molecule has 3 N–H and O–H groups in total. The third-order valence-corrected chi connectivity index (χ3v) is 5.76. The van der Waals surface area contributed by atoms with Crippen molar-refractivity contribution in [2.75, 3.05) is 37.2 Å². The number of nitrogens with one attached hydrogen (secondary N) is 1. The quantitative estimate of drug-likeness (QED) is 0.727. The molecule has 1 atom stereocenters. The average molecular weight is 335 g/mol. The average Bonchev–Trinajstić information content (AvgIpc) is 2.28. The zero-order valence-corrected chi connectivity index (χ0v) is 14.1. The lowest BCUT2D eigenvalue weighted by molar-refractivity contribution is 0.521. The molecule has 0 amide bonds. The van der Waals surface area contributed by atoms with Gasteiger partial charge in [0, 0.05) is 26.4 Å². The van der Waals surface area contributed by atoms with Gasteiger partial charge in [-0.1, -0.05) is 6.07 Å². The van der Waals surface area contributed by atoms with Crippen molar-refractivity contribution >= 4 is 31.2 Å². The molecule has 0 aliphatic heterocycles. The van der Waals surface area contributed by atoms with Crippen LogP contribution in [0.2, 0.25) is 0 Å². The Balaban J connectivity index is 3.13. The van der Waals surface area contributed by atoms with Gasteiger partial charge in [0.25, 0.3) is 0 Å². The number of nitrogens with two attached hydrogens (primary N) is 1. The molecular formula is C12H21N3O4S2. The lowest BCUT2D eigenvalue weighted by Gasteiger charge is -2.19. The number of hydrogen-bond acceptors (Lipinski definition) is 6. The summed E-state index contributed by atoms with van der Waals surface area (Å²) in [6.45, 7) is 1.69. The van der Waals surface area contributed by atoms with Crippen LogP contribution in [0, 0.1) is 0 Å². The summed E-state index contributed by atoms with van der Waals surface area (Å²) in [7, 11) is -3.95. The summed E-state index contributed by atoms with van der Waals surface area (Å²) in [5.41, 5.74) is 6.37. The first-order valence-corrected chi connectivity index (χ1v) is 9.70. The predicted octanol–water partition coefficient (Wildman–Crippen LogP) is 0.364. The van der Waals surface area contributed by atoms with E-state index in [2.05, 4.69) is 5.32 Å². The van der Waals surface area contributed by atoms with Gasteiger partial charge in [-0.2, -0.15) is 0 Å². The topological polar surface area (TPSA) is 110 Å². The standard InChI is InChI=1S/C12H21N3O4S2/c1-9(8-20(4,16)17)14-10-6-5-7-11(12(10)13)21(18,19)15(2)3/h5-7,9,14H,8,13H2,1-4H3. The Morgan fingerprint density at radius 1 is 1.24 bits per heavy atom. The Hall–Kier alpha value is -1.32. The van der Waals surface area contributed by atoms with Crippen LogP contribution >= 0.6 is 0 Å². The number of rotatable bonds is 6. The lowest BCUT2D eigenvalue weighted by Crippen LogP contribution is -2.27. The second-order valence-corrected chi connectivity index (χ2v) is 9.45. The molecular weight excluding hydrogens is 314 g/mol. The third kappa shape index (κ3) is 4.58. The van der Waals surface area contributed by atoms with Gasteiger partial charge in [-0.15, -0.1) is 0 Å². The SMILES string of the molecule is CC(CS(C)(=O)=O)Nc1cccc(S(=O)(=O)N(C)C)c1N. The fourth-order valence-electron chi connectivity index (χ4n) is 1.85. The highest BCUT2D eigenvalue weighted by atomic mass is 32.2. The number of hydrogen-bond donors (Lipinski definition) is 2. The van der Waals surface area contributed by atoms with E-state index in [0.29, 0.717) is 5.69 Å². The van der Waals surface area contributed by atoms with Crippen molar-refractivity contribution in [2.24, 2.45) is 0 Å². The Morgan fingerprint density at radius 3 is 2.29 bits per heavy atom. The van der Waals surface area contributed by atoms with Gasteiger partial charge in [-0.05, 0) is 19.1 Å². The molecule has 0 radical (unpaired) electrons. The maximum atomic E-state index is 12.1. The van der Waals surface area contributed by atoms with Crippen molar-refractivity contribution in [3.63, 3.8) is 0 Å². The Kier molecular flexibility index (Phi) is 5.24. The van der Waals surface area contributed by atoms with Crippen LogP contribution in [-0.4, -0.2) is 53.3 Å². The highest BCUT2D eigenvalue weighted by molar-refractivity contribution is 7.90. The highest BCUT2D eigenvalue weighted by Gasteiger charge is 2.22. The van der Waals surface area contributed by atoms with Crippen LogP contribution in [0.5, 0.6) is 0 Å². The third-order valence-electron chi connectivity index (χ3n) is 2.78. The van der Waals surface area contributed by atoms with Gasteiger partial charge in [-0.3, -0.25) is 0 Å². The Morgan fingerprint density at radius 2 is 1.81 bits per heavy atom. The highest BCUT2D eigenvalue weighted by Crippen LogP contribution is 2.28. The maximum Gasteiger partial charge on any atom is 0.244 e. The number of benzene rings is 1. The maximum absolute atomic E-state index is 12.1. The van der Waals surface area contributed by atoms with Crippen LogP contribution in [0.4, 0.5) is 11.4 Å². The monoisotopic (exact) mass is 335 g/mol. The van der Waals surface area contributed by atoms with E-state index in [4.69, 9.17) is 5.73 Å². The molecule has 1 unspecified atom stereocenters. The van der Waals surface area contributed by atoms with E-state index in [1.54, 1.807) is 19.1 Å². The summed E-state index contributed by atoms with van der Waals surface area (Å²) in [4.78, 5) is -0.0101. The van der Waals surface area contributed by atoms with Crippen molar-refractivity contribution in [3.8, 4) is 0 Å². The van der Waals surface area contributed by atoms with Gasteiger partial charge in [0.15, 0.2) is 0 Å². The first-order chi connectivity index (χ1) is 9.45. The van der Waals surface area contributed by atoms with Crippen LogP contribution in [0.1, 0.15) is 6.92 Å². The van der Waals surface area contributed by atoms with Gasteiger partial charge in [-0.25, -0.2) is 21.1 Å². The second-order valence-electron chi connectivity index (χ2n) is 5.14. The first kappa shape index (κ1) is 17.7. The summed E-state index contributed by atoms with van der Waals surface area (Å²) in [6, 6.07) is 4.20. The minimum atomic E-state index is -3.65. The van der Waals surface area contributed by atoms with Crippen LogP contribution in [0.25, 0.3) is 0 Å². The molecule has 0 spiro atoms. The number of anilines is 2. The minimum absolute atomic E-state index is 0.0101. The number of nitrogen functional groups attached to an aromatic ring is 1. The molecule has 0 heterocycles. The van der Waals surface area contributed by atoms with E-state index in [1.807, 2.05) is 0 Å². The fraction of sp³-hybridized carbons (Fsp3) is 0.500. The summed E-state index contributed by atoms with van der Waals surface area (Å²) in [6.07, 6.45) is 1.14. The van der Waals surface area contributed by atoms with E-state index in [0.717, 1.165) is 10.6 Å². The van der Waals surface area contributed by atoms with Crippen LogP contribution in [0.3, 0.4) is 0 Å². The number of para-hydroxylation sites is 1. The van der Waals surface area contributed by atoms with Crippen LogP contribution in [-0.2, 0) is 19.9 Å². The number of sulfone groups is 1. The molecule has 0 bridgehead atoms. The second kappa shape index (κ2) is 6.20. The zero-order valence-electron chi connectivity index (χ0n) is 12.5. The summed E-state index contributed by atoms with van der Waals surface area (Å²) >= 11 is 0. The smallest absolute Gasteiger partial charge is 0.244 e. The molecule has 0 fully saturated rings. The number of sulfonamides is 1. The minimum Gasteiger partial charge on any atom is -0.396 e. The predicted molar refractivity (Wildman–Crippen MR) is 84.5 cm³/mol. The zero-order chi connectivity index (χ0) is 16.4. The van der Waals surface area contributed by atoms with E-state index in [9.17, 15) is 16.8 Å². The normalized spacial score (nSPS) is 14.1. The summed E-state index contributed by atoms with van der Waals surface area (Å²) < 4.78 is 47.9. The summed E-state index contributed by atoms with van der Waals surface area (Å²) in [5, 5.41) is 2.93. The van der Waals surface area contributed by atoms with Gasteiger partial charge in [0.1, 0.15) is 14.7 Å². The first-order valence-electron chi connectivity index (χ1n) is 6.20.